The normalized spacial score (nSPS) is 17.6. The summed E-state index contributed by atoms with van der Waals surface area (Å²) < 4.78 is 24.9. The highest BCUT2D eigenvalue weighted by Crippen LogP contribution is 2.63. The van der Waals surface area contributed by atoms with Gasteiger partial charge < -0.3 is 20.6 Å². The fraction of sp³-hybridized carbons (Fsp3) is 1.00. The van der Waals surface area contributed by atoms with Gasteiger partial charge in [0, 0.05) is 11.1 Å². The van der Waals surface area contributed by atoms with Gasteiger partial charge in [-0.15, -0.1) is 0 Å². The van der Waals surface area contributed by atoms with E-state index in [0.29, 0.717) is 0 Å². The number of nitrogens with two attached hydrogens (primary N) is 1. The monoisotopic (exact) mass is 248 g/mol. The average Bonchev–Trinajstić information content (AvgIpc) is 2.10. The molecule has 0 aromatic carbocycles. The minimum absolute atomic E-state index is 0.0338. The number of aliphatic hydroxyl groups is 1. The maximum absolute atomic E-state index is 10.9. The number of rotatable bonds is 6. The molecule has 0 rings (SSSR count). The minimum Gasteiger partial charge on any atom is -0.337 e. The summed E-state index contributed by atoms with van der Waals surface area (Å²) >= 11 is 0. The van der Waals surface area contributed by atoms with Crippen LogP contribution in [0.15, 0.2) is 0 Å². The molecule has 0 aliphatic heterocycles. The van der Waals surface area contributed by atoms with E-state index in [1.807, 2.05) is 0 Å². The molecule has 0 spiro atoms. The summed E-state index contributed by atoms with van der Waals surface area (Å²) in [4.78, 5) is 17.4. The molecule has 0 aromatic heterocycles. The largest absolute Gasteiger partial charge is 0.588 e. The van der Waals surface area contributed by atoms with Gasteiger partial charge in [-0.3, -0.25) is 4.57 Å². The van der Waals surface area contributed by atoms with Crippen LogP contribution in [-0.4, -0.2) is 31.8 Å². The quantitative estimate of drug-likeness (QED) is 0.246. The fourth-order valence-corrected chi connectivity index (χ4v) is 2.63. The van der Waals surface area contributed by atoms with Crippen molar-refractivity contribution < 1.29 is 34.0 Å². The zero-order chi connectivity index (χ0) is 11.4. The highest BCUT2D eigenvalue weighted by Gasteiger charge is 2.64. The summed E-state index contributed by atoms with van der Waals surface area (Å²) in [6, 6.07) is 0. The Labute approximate surface area is 80.6 Å². The van der Waals surface area contributed by atoms with E-state index in [4.69, 9.17) is 20.8 Å². The van der Waals surface area contributed by atoms with E-state index in [0.717, 1.165) is 0 Å². The van der Waals surface area contributed by atoms with Crippen LogP contribution in [-0.2, 0) is 13.8 Å². The maximum atomic E-state index is 10.9. The summed E-state index contributed by atoms with van der Waals surface area (Å²) in [5.74, 6) is 0. The molecule has 0 amide bonds. The molecule has 8 nitrogen and oxygen atoms in total. The minimum atomic E-state index is -5.06. The lowest BCUT2D eigenvalue weighted by atomic mass is 10.3. The molecule has 0 fully saturated rings. The molecule has 0 radical (unpaired) electrons. The van der Waals surface area contributed by atoms with Crippen molar-refractivity contribution in [2.45, 2.75) is 17.9 Å². The van der Waals surface area contributed by atoms with Crippen molar-refractivity contribution in [1.82, 2.24) is 0 Å². The fourth-order valence-electron chi connectivity index (χ4n) is 0.748. The van der Waals surface area contributed by atoms with Gasteiger partial charge >= 0.3 is 20.7 Å². The Bertz CT molecular complexity index is 252. The third-order valence-corrected chi connectivity index (χ3v) is 4.93. The van der Waals surface area contributed by atoms with Crippen LogP contribution >= 0.6 is 15.6 Å². The molecule has 0 aliphatic rings. The molecule has 0 bridgehead atoms. The highest BCUT2D eigenvalue weighted by atomic mass is 31.2. The van der Waals surface area contributed by atoms with Crippen molar-refractivity contribution in [2.24, 2.45) is 5.73 Å². The predicted octanol–water partition coefficient (Wildman–Crippen LogP) is -0.219. The predicted molar refractivity (Wildman–Crippen MR) is 46.6 cm³/mol. The van der Waals surface area contributed by atoms with Crippen LogP contribution < -0.4 is 5.73 Å². The first-order chi connectivity index (χ1) is 6.29. The van der Waals surface area contributed by atoms with Gasteiger partial charge in [-0.1, -0.05) is 0 Å². The topological polar surface area (TPSA) is 150 Å². The van der Waals surface area contributed by atoms with E-state index in [-0.39, 0.29) is 13.0 Å². The molecule has 1 unspecified atom stereocenters. The van der Waals surface area contributed by atoms with Gasteiger partial charge in [-0.2, -0.15) is 0 Å². The van der Waals surface area contributed by atoms with Crippen molar-refractivity contribution in [1.29, 1.82) is 0 Å². The standard InChI is InChI=1S/C4H11NO7P2/c5-3-1-2-4(6,13(8)12-7)14(9,10)11/h6H,1-3,5H2,(H2-,7,9,10,11)/p+1/t4-/m1/s1. The van der Waals surface area contributed by atoms with Crippen LogP contribution in [0.2, 0.25) is 0 Å². The lowest BCUT2D eigenvalue weighted by Crippen LogP contribution is -2.25. The Kier molecular flexibility index (Phi) is 5.28. The molecule has 0 saturated heterocycles. The zero-order valence-corrected chi connectivity index (χ0v) is 8.90. The highest BCUT2D eigenvalue weighted by molar-refractivity contribution is 7.66. The molecular weight excluding hydrogens is 236 g/mol. The van der Waals surface area contributed by atoms with E-state index in [1.54, 1.807) is 0 Å². The van der Waals surface area contributed by atoms with Gasteiger partial charge in [0.2, 0.25) is 0 Å². The zero-order valence-electron chi connectivity index (χ0n) is 7.11. The molecule has 0 aliphatic carbocycles. The molecule has 6 N–H and O–H groups in total. The summed E-state index contributed by atoms with van der Waals surface area (Å²) in [5.41, 5.74) is 5.06. The van der Waals surface area contributed by atoms with Crippen molar-refractivity contribution in [3.63, 3.8) is 0 Å². The summed E-state index contributed by atoms with van der Waals surface area (Å²) in [5, 5.41) is 14.5. The lowest BCUT2D eigenvalue weighted by molar-refractivity contribution is -0.136. The second-order valence-corrected chi connectivity index (χ2v) is 6.15. The van der Waals surface area contributed by atoms with Gasteiger partial charge in [0.15, 0.2) is 0 Å². The van der Waals surface area contributed by atoms with E-state index in [9.17, 15) is 14.2 Å². The molecule has 10 heteroatoms. The van der Waals surface area contributed by atoms with E-state index < -0.39 is 27.1 Å². The Balaban J connectivity index is 4.86. The first-order valence-electron chi connectivity index (χ1n) is 3.56. The van der Waals surface area contributed by atoms with Crippen LogP contribution in [0.25, 0.3) is 0 Å². The molecule has 2 atom stereocenters. The van der Waals surface area contributed by atoms with E-state index in [2.05, 4.69) is 4.67 Å². The molecule has 0 aromatic rings. The number of hydrogen-bond acceptors (Lipinski definition) is 6. The first kappa shape index (κ1) is 14.1. The molecule has 0 heterocycles. The van der Waals surface area contributed by atoms with Crippen LogP contribution in [0.4, 0.5) is 0 Å². The second kappa shape index (κ2) is 5.25. The van der Waals surface area contributed by atoms with Crippen molar-refractivity contribution in [3.05, 3.63) is 0 Å². The van der Waals surface area contributed by atoms with Crippen molar-refractivity contribution >= 4 is 15.6 Å². The van der Waals surface area contributed by atoms with E-state index >= 15 is 0 Å². The van der Waals surface area contributed by atoms with Gasteiger partial charge in [0.05, 0.1) is 0 Å². The Morgan fingerprint density at radius 2 is 2.00 bits per heavy atom. The molecular formula is C4H12NO7P2+. The lowest BCUT2D eigenvalue weighted by Gasteiger charge is -2.15. The second-order valence-electron chi connectivity index (χ2n) is 2.55. The Morgan fingerprint density at radius 3 is 2.29 bits per heavy atom. The summed E-state index contributed by atoms with van der Waals surface area (Å²) in [6.45, 7) is 0.0525. The number of hydrogen-bond donors (Lipinski definition) is 5. The Hall–Kier alpha value is 0.0900. The van der Waals surface area contributed by atoms with Crippen molar-refractivity contribution in [2.75, 3.05) is 6.54 Å². The summed E-state index contributed by atoms with van der Waals surface area (Å²) in [6.07, 6.45) is -0.490. The van der Waals surface area contributed by atoms with E-state index in [1.165, 1.54) is 0 Å². The van der Waals surface area contributed by atoms with Crippen molar-refractivity contribution in [3.8, 4) is 0 Å². The smallest absolute Gasteiger partial charge is 0.337 e. The first-order valence-corrected chi connectivity index (χ1v) is 6.35. The third-order valence-electron chi connectivity index (χ3n) is 1.55. The van der Waals surface area contributed by atoms with Crippen LogP contribution in [0.5, 0.6) is 0 Å². The average molecular weight is 248 g/mol. The molecule has 0 saturated carbocycles. The SMILES string of the molecule is NCCC[C@@](O)([P+](=O)OO)P(=O)(O)O. The maximum Gasteiger partial charge on any atom is 0.588 e. The van der Waals surface area contributed by atoms with Gasteiger partial charge in [-0.05, 0) is 17.5 Å². The third kappa shape index (κ3) is 3.05. The van der Waals surface area contributed by atoms with Gasteiger partial charge in [0.1, 0.15) is 0 Å². The van der Waals surface area contributed by atoms with Gasteiger partial charge in [-0.25, -0.2) is 5.26 Å². The Morgan fingerprint density at radius 1 is 1.50 bits per heavy atom. The molecule has 14 heavy (non-hydrogen) atoms. The summed E-state index contributed by atoms with van der Waals surface area (Å²) in [7, 11) is -8.34. The van der Waals surface area contributed by atoms with Crippen LogP contribution in [0.3, 0.4) is 0 Å². The van der Waals surface area contributed by atoms with Crippen LogP contribution in [0.1, 0.15) is 12.8 Å². The van der Waals surface area contributed by atoms with Crippen LogP contribution in [0, 0.1) is 0 Å². The van der Waals surface area contributed by atoms with Gasteiger partial charge in [0.25, 0.3) is 0 Å². The molecule has 84 valence electrons.